The first-order valence-corrected chi connectivity index (χ1v) is 7.17. The van der Waals surface area contributed by atoms with Gasteiger partial charge in [0.25, 0.3) is 0 Å². The molecule has 0 fully saturated rings. The SMILES string of the molecule is CCC1=CN(CCS(C)(=O)=O)NC1C(F)(F)F. The highest BCUT2D eigenvalue weighted by Crippen LogP contribution is 2.30. The van der Waals surface area contributed by atoms with Gasteiger partial charge in [0, 0.05) is 19.0 Å². The van der Waals surface area contributed by atoms with E-state index in [-0.39, 0.29) is 24.3 Å². The number of hydrazine groups is 1. The molecule has 0 aromatic rings. The van der Waals surface area contributed by atoms with E-state index in [0.717, 1.165) is 6.26 Å². The van der Waals surface area contributed by atoms with Gasteiger partial charge in [0.05, 0.1) is 5.75 Å². The molecule has 1 atom stereocenters. The molecule has 0 radical (unpaired) electrons. The fraction of sp³-hybridized carbons (Fsp3) is 0.778. The summed E-state index contributed by atoms with van der Waals surface area (Å²) in [6.45, 7) is 1.64. The highest BCUT2D eigenvalue weighted by atomic mass is 32.2. The van der Waals surface area contributed by atoms with Crippen LogP contribution >= 0.6 is 0 Å². The zero-order chi connectivity index (χ0) is 13.3. The second-order valence-corrected chi connectivity index (χ2v) is 6.24. The van der Waals surface area contributed by atoms with Crippen LogP contribution in [-0.4, -0.2) is 44.2 Å². The van der Waals surface area contributed by atoms with Crippen LogP contribution in [-0.2, 0) is 9.84 Å². The summed E-state index contributed by atoms with van der Waals surface area (Å²) in [5.41, 5.74) is 2.47. The molecule has 0 amide bonds. The average Bonchev–Trinajstić information content (AvgIpc) is 2.56. The van der Waals surface area contributed by atoms with Crippen molar-refractivity contribution in [3.63, 3.8) is 0 Å². The molecular weight excluding hydrogens is 257 g/mol. The molecule has 1 aliphatic rings. The summed E-state index contributed by atoms with van der Waals surface area (Å²) in [7, 11) is -3.18. The topological polar surface area (TPSA) is 49.4 Å². The van der Waals surface area contributed by atoms with Gasteiger partial charge in [-0.05, 0) is 12.0 Å². The zero-order valence-corrected chi connectivity index (χ0v) is 10.4. The van der Waals surface area contributed by atoms with Crippen LogP contribution in [0.25, 0.3) is 0 Å². The standard InChI is InChI=1S/C9H15F3N2O2S/c1-3-7-6-14(4-5-17(2,15)16)13-8(7)9(10,11)12/h6,8,13H,3-5H2,1-2H3. The maximum Gasteiger partial charge on any atom is 0.409 e. The fourth-order valence-corrected chi connectivity index (χ4v) is 2.06. The number of halogens is 3. The predicted molar refractivity (Wildman–Crippen MR) is 57.8 cm³/mol. The lowest BCUT2D eigenvalue weighted by Gasteiger charge is -2.21. The van der Waals surface area contributed by atoms with Crippen molar-refractivity contribution in [2.75, 3.05) is 18.6 Å². The Labute approximate surface area is 98.4 Å². The molecule has 4 nitrogen and oxygen atoms in total. The first-order chi connectivity index (χ1) is 7.63. The maximum atomic E-state index is 12.6. The molecule has 1 N–H and O–H groups in total. The number of alkyl halides is 3. The van der Waals surface area contributed by atoms with E-state index in [0.29, 0.717) is 0 Å². The van der Waals surface area contributed by atoms with Gasteiger partial charge >= 0.3 is 6.18 Å². The van der Waals surface area contributed by atoms with Crippen molar-refractivity contribution in [1.29, 1.82) is 0 Å². The molecule has 0 saturated heterocycles. The molecule has 1 unspecified atom stereocenters. The normalized spacial score (nSPS) is 21.8. The third kappa shape index (κ3) is 4.19. The Kier molecular flexibility index (Phi) is 4.08. The Morgan fingerprint density at radius 3 is 2.41 bits per heavy atom. The Bertz CT molecular complexity index is 403. The van der Waals surface area contributed by atoms with Gasteiger partial charge in [0.1, 0.15) is 15.9 Å². The molecule has 0 aromatic heterocycles. The highest BCUT2D eigenvalue weighted by Gasteiger charge is 2.44. The minimum atomic E-state index is -4.36. The second kappa shape index (κ2) is 4.85. The van der Waals surface area contributed by atoms with Gasteiger partial charge in [-0.3, -0.25) is 0 Å². The van der Waals surface area contributed by atoms with Crippen molar-refractivity contribution >= 4 is 9.84 Å². The van der Waals surface area contributed by atoms with Crippen LogP contribution in [0.15, 0.2) is 11.8 Å². The highest BCUT2D eigenvalue weighted by molar-refractivity contribution is 7.90. The number of nitrogens with zero attached hydrogens (tertiary/aromatic N) is 1. The van der Waals surface area contributed by atoms with Crippen LogP contribution in [0.1, 0.15) is 13.3 Å². The molecule has 0 aliphatic carbocycles. The summed E-state index contributed by atoms with van der Waals surface area (Å²) in [6, 6.07) is -1.70. The second-order valence-electron chi connectivity index (χ2n) is 3.98. The van der Waals surface area contributed by atoms with Gasteiger partial charge in [-0.15, -0.1) is 0 Å². The van der Waals surface area contributed by atoms with Gasteiger partial charge < -0.3 is 5.01 Å². The van der Waals surface area contributed by atoms with Crippen LogP contribution in [0.5, 0.6) is 0 Å². The third-order valence-electron chi connectivity index (χ3n) is 2.43. The summed E-state index contributed by atoms with van der Waals surface area (Å²) >= 11 is 0. The predicted octanol–water partition coefficient (Wildman–Crippen LogP) is 1.08. The van der Waals surface area contributed by atoms with Crippen LogP contribution in [0.2, 0.25) is 0 Å². The summed E-state index contributed by atoms with van der Waals surface area (Å²) in [6.07, 6.45) is -1.70. The monoisotopic (exact) mass is 272 g/mol. The zero-order valence-electron chi connectivity index (χ0n) is 9.58. The van der Waals surface area contributed by atoms with E-state index in [2.05, 4.69) is 5.43 Å². The molecule has 1 rings (SSSR count). The number of hydrogen-bond donors (Lipinski definition) is 1. The fourth-order valence-electron chi connectivity index (χ4n) is 1.53. The Balaban J connectivity index is 2.67. The molecule has 0 spiro atoms. The van der Waals surface area contributed by atoms with Gasteiger partial charge in [0.2, 0.25) is 0 Å². The van der Waals surface area contributed by atoms with Crippen molar-refractivity contribution < 1.29 is 21.6 Å². The molecule has 0 aromatic carbocycles. The molecule has 0 bridgehead atoms. The van der Waals surface area contributed by atoms with E-state index in [1.54, 1.807) is 6.92 Å². The lowest BCUT2D eigenvalue weighted by Crippen LogP contribution is -2.46. The van der Waals surface area contributed by atoms with E-state index in [1.807, 2.05) is 0 Å². The van der Waals surface area contributed by atoms with Gasteiger partial charge in [-0.1, -0.05) is 6.92 Å². The Morgan fingerprint density at radius 2 is 2.06 bits per heavy atom. The molecule has 1 aliphatic heterocycles. The first kappa shape index (κ1) is 14.3. The lowest BCUT2D eigenvalue weighted by molar-refractivity contribution is -0.152. The molecular formula is C9H15F3N2O2S. The minimum absolute atomic E-state index is 0.00884. The van der Waals surface area contributed by atoms with E-state index in [1.165, 1.54) is 11.2 Å². The van der Waals surface area contributed by atoms with E-state index in [4.69, 9.17) is 0 Å². The summed E-state index contributed by atoms with van der Waals surface area (Å²) in [4.78, 5) is 0. The largest absolute Gasteiger partial charge is 0.409 e. The summed E-state index contributed by atoms with van der Waals surface area (Å²) in [5.74, 6) is -0.182. The van der Waals surface area contributed by atoms with Crippen molar-refractivity contribution in [2.24, 2.45) is 0 Å². The quantitative estimate of drug-likeness (QED) is 0.832. The Morgan fingerprint density at radius 1 is 1.47 bits per heavy atom. The van der Waals surface area contributed by atoms with Crippen molar-refractivity contribution in [3.05, 3.63) is 11.8 Å². The van der Waals surface area contributed by atoms with E-state index in [9.17, 15) is 21.6 Å². The molecule has 1 heterocycles. The van der Waals surface area contributed by atoms with Crippen LogP contribution in [0, 0.1) is 0 Å². The average molecular weight is 272 g/mol. The van der Waals surface area contributed by atoms with Crippen molar-refractivity contribution in [1.82, 2.24) is 10.4 Å². The molecule has 8 heteroatoms. The molecule has 17 heavy (non-hydrogen) atoms. The van der Waals surface area contributed by atoms with Crippen LogP contribution in [0.3, 0.4) is 0 Å². The summed E-state index contributed by atoms with van der Waals surface area (Å²) in [5, 5.41) is 1.19. The van der Waals surface area contributed by atoms with Crippen LogP contribution < -0.4 is 5.43 Å². The maximum absolute atomic E-state index is 12.6. The number of hydrogen-bond acceptors (Lipinski definition) is 4. The summed E-state index contributed by atoms with van der Waals surface area (Å²) < 4.78 is 59.6. The first-order valence-electron chi connectivity index (χ1n) is 5.11. The number of nitrogens with one attached hydrogen (secondary N) is 1. The molecule has 100 valence electrons. The van der Waals surface area contributed by atoms with Gasteiger partial charge in [-0.2, -0.15) is 13.2 Å². The van der Waals surface area contributed by atoms with Crippen LogP contribution in [0.4, 0.5) is 13.2 Å². The number of sulfone groups is 1. The van der Waals surface area contributed by atoms with Crippen molar-refractivity contribution in [3.8, 4) is 0 Å². The third-order valence-corrected chi connectivity index (χ3v) is 3.35. The molecule has 0 saturated carbocycles. The lowest BCUT2D eigenvalue weighted by atomic mass is 10.1. The minimum Gasteiger partial charge on any atom is -0.314 e. The smallest absolute Gasteiger partial charge is 0.314 e. The van der Waals surface area contributed by atoms with E-state index >= 15 is 0 Å². The van der Waals surface area contributed by atoms with Crippen molar-refractivity contribution in [2.45, 2.75) is 25.6 Å². The van der Waals surface area contributed by atoms with Gasteiger partial charge in [0.15, 0.2) is 0 Å². The Hall–Kier alpha value is -0.760. The van der Waals surface area contributed by atoms with E-state index < -0.39 is 22.1 Å². The van der Waals surface area contributed by atoms with Gasteiger partial charge in [-0.25, -0.2) is 13.8 Å². The number of rotatable bonds is 4.